The largest absolute Gasteiger partial charge is 0.367 e. The van der Waals surface area contributed by atoms with Gasteiger partial charge in [0, 0.05) is 30.9 Å². The van der Waals surface area contributed by atoms with Crippen LogP contribution in [-0.4, -0.2) is 6.54 Å². The standard InChI is InChI=1S/C18H21FN2/c1-13-4-7-18-15(9-13)3-2-8-21(18)12-14-5-6-17(19)16(10-14)11-20/h4-7,9-10H,2-3,8,11-12,20H2,1H3. The summed E-state index contributed by atoms with van der Waals surface area (Å²) in [6.45, 7) is 4.23. The van der Waals surface area contributed by atoms with Gasteiger partial charge >= 0.3 is 0 Å². The minimum absolute atomic E-state index is 0.212. The lowest BCUT2D eigenvalue weighted by Gasteiger charge is -2.31. The first-order valence-electron chi connectivity index (χ1n) is 7.49. The van der Waals surface area contributed by atoms with Crippen molar-refractivity contribution in [2.24, 2.45) is 5.73 Å². The zero-order chi connectivity index (χ0) is 14.8. The predicted octanol–water partition coefficient (Wildman–Crippen LogP) is 3.55. The summed E-state index contributed by atoms with van der Waals surface area (Å²) in [5, 5.41) is 0. The molecule has 0 unspecified atom stereocenters. The Morgan fingerprint density at radius 1 is 1.19 bits per heavy atom. The van der Waals surface area contributed by atoms with E-state index in [1.165, 1.54) is 29.3 Å². The molecule has 1 aliphatic heterocycles. The molecule has 0 saturated carbocycles. The number of aryl methyl sites for hydroxylation is 2. The fourth-order valence-corrected chi connectivity index (χ4v) is 3.07. The fourth-order valence-electron chi connectivity index (χ4n) is 3.07. The van der Waals surface area contributed by atoms with Gasteiger partial charge in [-0.3, -0.25) is 0 Å². The zero-order valence-electron chi connectivity index (χ0n) is 12.4. The number of nitrogens with zero attached hydrogens (tertiary/aromatic N) is 1. The van der Waals surface area contributed by atoms with E-state index in [0.717, 1.165) is 25.1 Å². The molecule has 21 heavy (non-hydrogen) atoms. The monoisotopic (exact) mass is 284 g/mol. The molecule has 2 nitrogen and oxygen atoms in total. The van der Waals surface area contributed by atoms with Crippen LogP contribution in [0.3, 0.4) is 0 Å². The van der Waals surface area contributed by atoms with Crippen molar-refractivity contribution in [3.8, 4) is 0 Å². The highest BCUT2D eigenvalue weighted by molar-refractivity contribution is 5.57. The summed E-state index contributed by atoms with van der Waals surface area (Å²) in [6.07, 6.45) is 2.31. The molecule has 0 spiro atoms. The van der Waals surface area contributed by atoms with Gasteiger partial charge in [0.15, 0.2) is 0 Å². The average Bonchev–Trinajstić information content (AvgIpc) is 2.49. The van der Waals surface area contributed by atoms with E-state index in [-0.39, 0.29) is 12.4 Å². The second-order valence-electron chi connectivity index (χ2n) is 5.79. The maximum atomic E-state index is 13.5. The smallest absolute Gasteiger partial charge is 0.127 e. The Hall–Kier alpha value is -1.87. The second-order valence-corrected chi connectivity index (χ2v) is 5.79. The molecule has 0 fully saturated rings. The van der Waals surface area contributed by atoms with Crippen LogP contribution in [0.4, 0.5) is 10.1 Å². The molecule has 2 N–H and O–H groups in total. The van der Waals surface area contributed by atoms with E-state index in [4.69, 9.17) is 5.73 Å². The molecule has 1 aliphatic rings. The summed E-state index contributed by atoms with van der Waals surface area (Å²) in [4.78, 5) is 2.38. The molecule has 0 amide bonds. The van der Waals surface area contributed by atoms with E-state index in [1.54, 1.807) is 0 Å². The Morgan fingerprint density at radius 3 is 2.86 bits per heavy atom. The number of rotatable bonds is 3. The van der Waals surface area contributed by atoms with Gasteiger partial charge in [0.05, 0.1) is 0 Å². The first-order chi connectivity index (χ1) is 10.2. The van der Waals surface area contributed by atoms with E-state index < -0.39 is 0 Å². The third-order valence-electron chi connectivity index (χ3n) is 4.15. The minimum atomic E-state index is -0.212. The lowest BCUT2D eigenvalue weighted by molar-refractivity contribution is 0.608. The number of anilines is 1. The quantitative estimate of drug-likeness (QED) is 0.934. The van der Waals surface area contributed by atoms with E-state index in [9.17, 15) is 4.39 Å². The SMILES string of the molecule is Cc1ccc2c(c1)CCCN2Cc1ccc(F)c(CN)c1. The molecule has 0 aliphatic carbocycles. The molecular weight excluding hydrogens is 263 g/mol. The lowest BCUT2D eigenvalue weighted by Crippen LogP contribution is -2.28. The Kier molecular flexibility index (Phi) is 3.93. The topological polar surface area (TPSA) is 29.3 Å². The summed E-state index contributed by atoms with van der Waals surface area (Å²) in [5.41, 5.74) is 11.3. The third kappa shape index (κ3) is 2.93. The molecule has 110 valence electrons. The van der Waals surface area contributed by atoms with Crippen LogP contribution >= 0.6 is 0 Å². The van der Waals surface area contributed by atoms with Crippen LogP contribution in [0, 0.1) is 12.7 Å². The summed E-state index contributed by atoms with van der Waals surface area (Å²) in [7, 11) is 0. The Labute approximate surface area is 125 Å². The van der Waals surface area contributed by atoms with Crippen molar-refractivity contribution in [2.45, 2.75) is 32.9 Å². The number of fused-ring (bicyclic) bond motifs is 1. The predicted molar refractivity (Wildman–Crippen MR) is 84.8 cm³/mol. The summed E-state index contributed by atoms with van der Waals surface area (Å²) in [6, 6.07) is 11.9. The highest BCUT2D eigenvalue weighted by Gasteiger charge is 2.17. The van der Waals surface area contributed by atoms with E-state index in [0.29, 0.717) is 5.56 Å². The molecule has 2 aromatic rings. The van der Waals surface area contributed by atoms with Gasteiger partial charge in [-0.1, -0.05) is 23.8 Å². The lowest BCUT2D eigenvalue weighted by atomic mass is 9.99. The van der Waals surface area contributed by atoms with Crippen LogP contribution in [0.1, 0.15) is 28.7 Å². The van der Waals surface area contributed by atoms with Crippen molar-refractivity contribution in [2.75, 3.05) is 11.4 Å². The number of halogens is 1. The van der Waals surface area contributed by atoms with Crippen molar-refractivity contribution in [3.05, 3.63) is 64.5 Å². The van der Waals surface area contributed by atoms with E-state index in [1.807, 2.05) is 12.1 Å². The first kappa shape index (κ1) is 14.1. The second kappa shape index (κ2) is 5.86. The maximum Gasteiger partial charge on any atom is 0.127 e. The van der Waals surface area contributed by atoms with E-state index in [2.05, 4.69) is 30.0 Å². The van der Waals surface area contributed by atoms with Crippen molar-refractivity contribution in [1.29, 1.82) is 0 Å². The highest BCUT2D eigenvalue weighted by atomic mass is 19.1. The number of hydrogen-bond acceptors (Lipinski definition) is 2. The van der Waals surface area contributed by atoms with Crippen LogP contribution in [0.15, 0.2) is 36.4 Å². The number of hydrogen-bond donors (Lipinski definition) is 1. The molecule has 0 radical (unpaired) electrons. The Morgan fingerprint density at radius 2 is 2.05 bits per heavy atom. The molecule has 0 aromatic heterocycles. The van der Waals surface area contributed by atoms with Crippen LogP contribution in [0.2, 0.25) is 0 Å². The summed E-state index contributed by atoms with van der Waals surface area (Å²) >= 11 is 0. The number of benzene rings is 2. The van der Waals surface area contributed by atoms with Crippen molar-refractivity contribution in [1.82, 2.24) is 0 Å². The Bertz CT molecular complexity index is 652. The third-order valence-corrected chi connectivity index (χ3v) is 4.15. The van der Waals surface area contributed by atoms with Gasteiger partial charge in [-0.05, 0) is 49.1 Å². The van der Waals surface area contributed by atoms with Gasteiger partial charge < -0.3 is 10.6 Å². The molecule has 0 bridgehead atoms. The van der Waals surface area contributed by atoms with E-state index >= 15 is 0 Å². The fraction of sp³-hybridized carbons (Fsp3) is 0.333. The minimum Gasteiger partial charge on any atom is -0.367 e. The summed E-state index contributed by atoms with van der Waals surface area (Å²) in [5.74, 6) is -0.212. The molecule has 0 atom stereocenters. The van der Waals surface area contributed by atoms with Crippen molar-refractivity contribution >= 4 is 5.69 Å². The molecule has 2 aromatic carbocycles. The molecule has 0 saturated heterocycles. The normalized spacial score (nSPS) is 14.1. The van der Waals surface area contributed by atoms with Crippen LogP contribution < -0.4 is 10.6 Å². The van der Waals surface area contributed by atoms with Gasteiger partial charge in [0.25, 0.3) is 0 Å². The van der Waals surface area contributed by atoms with Crippen LogP contribution in [0.5, 0.6) is 0 Å². The highest BCUT2D eigenvalue weighted by Crippen LogP contribution is 2.29. The van der Waals surface area contributed by atoms with Crippen LogP contribution in [0.25, 0.3) is 0 Å². The average molecular weight is 284 g/mol. The maximum absolute atomic E-state index is 13.5. The number of nitrogens with two attached hydrogens (primary N) is 1. The summed E-state index contributed by atoms with van der Waals surface area (Å²) < 4.78 is 13.5. The first-order valence-corrected chi connectivity index (χ1v) is 7.49. The molecular formula is C18H21FN2. The van der Waals surface area contributed by atoms with Crippen molar-refractivity contribution in [3.63, 3.8) is 0 Å². The molecule has 3 rings (SSSR count). The van der Waals surface area contributed by atoms with Gasteiger partial charge in [0.1, 0.15) is 5.82 Å². The van der Waals surface area contributed by atoms with Gasteiger partial charge in [-0.25, -0.2) is 4.39 Å². The molecule has 3 heteroatoms. The zero-order valence-corrected chi connectivity index (χ0v) is 12.4. The van der Waals surface area contributed by atoms with Gasteiger partial charge in [-0.2, -0.15) is 0 Å². The van der Waals surface area contributed by atoms with Gasteiger partial charge in [-0.15, -0.1) is 0 Å². The molecule has 1 heterocycles. The van der Waals surface area contributed by atoms with Gasteiger partial charge in [0.2, 0.25) is 0 Å². The van der Waals surface area contributed by atoms with Crippen molar-refractivity contribution < 1.29 is 4.39 Å². The Balaban J connectivity index is 1.86. The van der Waals surface area contributed by atoms with Crippen LogP contribution in [-0.2, 0) is 19.5 Å².